The van der Waals surface area contributed by atoms with Crippen molar-refractivity contribution in [3.63, 3.8) is 0 Å². The molecular weight excluding hydrogens is 302 g/mol. The first kappa shape index (κ1) is 14.7. The molecule has 0 unspecified atom stereocenters. The monoisotopic (exact) mass is 315 g/mol. The number of carbonyl (C=O) groups is 1. The molecule has 0 saturated heterocycles. The summed E-state index contributed by atoms with van der Waals surface area (Å²) in [6.07, 6.45) is 0. The first-order chi connectivity index (χ1) is 9.27. The lowest BCUT2D eigenvalue weighted by Gasteiger charge is -2.01. The normalized spacial score (nSPS) is 11.6. The molecule has 2 rings (SSSR count). The predicted molar refractivity (Wildman–Crippen MR) is 72.8 cm³/mol. The molecule has 0 aliphatic carbocycles. The minimum absolute atomic E-state index is 0.0634. The standard InChI is InChI=1S/C11H13N3O4S2/c1-6-10(18-7(2)14-6)11(15)13-5-8-3-4-9(19-8)20(12,16)17/h3-4H,5H2,1-2H3,(H,13,15)(H2,12,16,17). The molecule has 2 heterocycles. The van der Waals surface area contributed by atoms with Crippen LogP contribution in [-0.4, -0.2) is 19.3 Å². The minimum atomic E-state index is -3.70. The van der Waals surface area contributed by atoms with Crippen LogP contribution in [0.4, 0.5) is 0 Å². The molecule has 0 saturated carbocycles. The zero-order valence-electron chi connectivity index (χ0n) is 10.8. The van der Waals surface area contributed by atoms with Crippen LogP contribution in [0.15, 0.2) is 20.8 Å². The van der Waals surface area contributed by atoms with Gasteiger partial charge < -0.3 is 9.73 Å². The smallest absolute Gasteiger partial charge is 0.289 e. The van der Waals surface area contributed by atoms with Crippen LogP contribution >= 0.6 is 11.3 Å². The average molecular weight is 315 g/mol. The zero-order valence-corrected chi connectivity index (χ0v) is 12.5. The molecule has 0 radical (unpaired) electrons. The third-order valence-corrected chi connectivity index (χ3v) is 4.97. The second-order valence-electron chi connectivity index (χ2n) is 4.10. The molecule has 0 aliphatic rings. The van der Waals surface area contributed by atoms with E-state index in [1.165, 1.54) is 6.07 Å². The molecule has 0 fully saturated rings. The number of rotatable bonds is 4. The Bertz CT molecular complexity index is 746. The van der Waals surface area contributed by atoms with E-state index in [9.17, 15) is 13.2 Å². The highest BCUT2D eigenvalue weighted by atomic mass is 32.2. The van der Waals surface area contributed by atoms with Gasteiger partial charge in [0.05, 0.1) is 12.2 Å². The Labute approximate surface area is 119 Å². The van der Waals surface area contributed by atoms with E-state index < -0.39 is 15.9 Å². The van der Waals surface area contributed by atoms with E-state index >= 15 is 0 Å². The molecular formula is C11H13N3O4S2. The van der Waals surface area contributed by atoms with Gasteiger partial charge in [0.1, 0.15) is 4.21 Å². The first-order valence-electron chi connectivity index (χ1n) is 5.61. The summed E-state index contributed by atoms with van der Waals surface area (Å²) in [4.78, 5) is 16.6. The lowest BCUT2D eigenvalue weighted by atomic mass is 10.3. The summed E-state index contributed by atoms with van der Waals surface area (Å²) in [5.41, 5.74) is 0.511. The van der Waals surface area contributed by atoms with Crippen LogP contribution in [0.2, 0.25) is 0 Å². The maximum absolute atomic E-state index is 11.9. The van der Waals surface area contributed by atoms with Gasteiger partial charge in [0.15, 0.2) is 5.89 Å². The minimum Gasteiger partial charge on any atom is -0.436 e. The zero-order chi connectivity index (χ0) is 14.9. The van der Waals surface area contributed by atoms with Crippen molar-refractivity contribution in [1.82, 2.24) is 10.3 Å². The lowest BCUT2D eigenvalue weighted by molar-refractivity contribution is 0.0921. The molecule has 0 aromatic carbocycles. The fraction of sp³-hybridized carbons (Fsp3) is 0.273. The number of nitrogens with one attached hydrogen (secondary N) is 1. The topological polar surface area (TPSA) is 115 Å². The molecule has 7 nitrogen and oxygen atoms in total. The Morgan fingerprint density at radius 3 is 2.65 bits per heavy atom. The fourth-order valence-electron chi connectivity index (χ4n) is 1.60. The number of sulfonamides is 1. The van der Waals surface area contributed by atoms with Gasteiger partial charge in [0.2, 0.25) is 15.8 Å². The van der Waals surface area contributed by atoms with Crippen molar-refractivity contribution in [2.45, 2.75) is 24.6 Å². The van der Waals surface area contributed by atoms with Gasteiger partial charge in [-0.15, -0.1) is 11.3 Å². The molecule has 3 N–H and O–H groups in total. The number of nitrogens with two attached hydrogens (primary N) is 1. The van der Waals surface area contributed by atoms with Crippen LogP contribution in [0.3, 0.4) is 0 Å². The molecule has 20 heavy (non-hydrogen) atoms. The second kappa shape index (κ2) is 5.35. The first-order valence-corrected chi connectivity index (χ1v) is 7.97. The molecule has 0 spiro atoms. The summed E-state index contributed by atoms with van der Waals surface area (Å²) >= 11 is 1.01. The number of primary sulfonamides is 1. The van der Waals surface area contributed by atoms with E-state index in [1.807, 2.05) is 0 Å². The molecule has 0 atom stereocenters. The average Bonchev–Trinajstić information content (AvgIpc) is 2.92. The van der Waals surface area contributed by atoms with E-state index in [2.05, 4.69) is 10.3 Å². The largest absolute Gasteiger partial charge is 0.436 e. The van der Waals surface area contributed by atoms with Gasteiger partial charge in [0, 0.05) is 11.8 Å². The number of aryl methyl sites for hydroxylation is 2. The van der Waals surface area contributed by atoms with Gasteiger partial charge in [-0.2, -0.15) is 0 Å². The van der Waals surface area contributed by atoms with Crippen LogP contribution in [0.1, 0.15) is 27.0 Å². The van der Waals surface area contributed by atoms with E-state index in [-0.39, 0.29) is 16.5 Å². The Morgan fingerprint density at radius 1 is 1.45 bits per heavy atom. The molecule has 9 heteroatoms. The van der Waals surface area contributed by atoms with Gasteiger partial charge >= 0.3 is 0 Å². The highest BCUT2D eigenvalue weighted by Crippen LogP contribution is 2.20. The van der Waals surface area contributed by atoms with Crippen molar-refractivity contribution in [3.05, 3.63) is 34.4 Å². The number of amides is 1. The molecule has 0 bridgehead atoms. The molecule has 2 aromatic heterocycles. The number of carbonyl (C=O) groups excluding carboxylic acids is 1. The maximum atomic E-state index is 11.9. The van der Waals surface area contributed by atoms with E-state index in [0.717, 1.165) is 11.3 Å². The fourth-order valence-corrected chi connectivity index (χ4v) is 3.31. The Morgan fingerprint density at radius 2 is 2.15 bits per heavy atom. The highest BCUT2D eigenvalue weighted by molar-refractivity contribution is 7.91. The van der Waals surface area contributed by atoms with E-state index in [1.54, 1.807) is 19.9 Å². The van der Waals surface area contributed by atoms with Crippen molar-refractivity contribution in [3.8, 4) is 0 Å². The maximum Gasteiger partial charge on any atom is 0.289 e. The number of aromatic nitrogens is 1. The van der Waals surface area contributed by atoms with Crippen LogP contribution in [0.5, 0.6) is 0 Å². The van der Waals surface area contributed by atoms with Crippen molar-refractivity contribution in [1.29, 1.82) is 0 Å². The Balaban J connectivity index is 2.04. The van der Waals surface area contributed by atoms with Gasteiger partial charge in [-0.05, 0) is 19.1 Å². The van der Waals surface area contributed by atoms with Gasteiger partial charge in [0.25, 0.3) is 5.91 Å². The Hall–Kier alpha value is -1.71. The quantitative estimate of drug-likeness (QED) is 0.871. The van der Waals surface area contributed by atoms with Crippen molar-refractivity contribution < 1.29 is 17.6 Å². The molecule has 2 aromatic rings. The molecule has 1 amide bonds. The highest BCUT2D eigenvalue weighted by Gasteiger charge is 2.16. The third-order valence-electron chi connectivity index (χ3n) is 2.45. The van der Waals surface area contributed by atoms with Crippen LogP contribution < -0.4 is 10.5 Å². The van der Waals surface area contributed by atoms with E-state index in [0.29, 0.717) is 16.5 Å². The SMILES string of the molecule is Cc1nc(C)c(C(=O)NCc2ccc(S(N)(=O)=O)s2)o1. The number of hydrogen-bond donors (Lipinski definition) is 2. The second-order valence-corrected chi connectivity index (χ2v) is 7.05. The van der Waals surface area contributed by atoms with Gasteiger partial charge in [-0.3, -0.25) is 4.79 Å². The summed E-state index contributed by atoms with van der Waals surface area (Å²) in [6.45, 7) is 3.52. The van der Waals surface area contributed by atoms with Crippen LogP contribution in [-0.2, 0) is 16.6 Å². The summed E-state index contributed by atoms with van der Waals surface area (Å²) < 4.78 is 27.5. The number of hydrogen-bond acceptors (Lipinski definition) is 6. The van der Waals surface area contributed by atoms with Crippen LogP contribution in [0.25, 0.3) is 0 Å². The van der Waals surface area contributed by atoms with E-state index in [4.69, 9.17) is 9.56 Å². The van der Waals surface area contributed by atoms with Crippen molar-refractivity contribution >= 4 is 27.3 Å². The Kier molecular flexibility index (Phi) is 3.93. The van der Waals surface area contributed by atoms with Crippen LogP contribution in [0, 0.1) is 13.8 Å². The van der Waals surface area contributed by atoms with Crippen molar-refractivity contribution in [2.75, 3.05) is 0 Å². The number of nitrogens with zero attached hydrogens (tertiary/aromatic N) is 1. The third kappa shape index (κ3) is 3.24. The number of oxazole rings is 1. The van der Waals surface area contributed by atoms with Gasteiger partial charge in [-0.1, -0.05) is 0 Å². The summed E-state index contributed by atoms with van der Waals surface area (Å²) in [7, 11) is -3.70. The van der Waals surface area contributed by atoms with Crippen molar-refractivity contribution in [2.24, 2.45) is 5.14 Å². The predicted octanol–water partition coefficient (Wildman–Crippen LogP) is 0.930. The molecule has 108 valence electrons. The summed E-state index contributed by atoms with van der Waals surface area (Å²) in [6, 6.07) is 3.01. The lowest BCUT2D eigenvalue weighted by Crippen LogP contribution is -2.22. The summed E-state index contributed by atoms with van der Waals surface area (Å²) in [5, 5.41) is 7.65. The van der Waals surface area contributed by atoms with Gasteiger partial charge in [-0.25, -0.2) is 18.5 Å². The number of thiophene rings is 1. The molecule has 0 aliphatic heterocycles. The summed E-state index contributed by atoms with van der Waals surface area (Å²) in [5.74, 6) is 0.180.